The predicted molar refractivity (Wildman–Crippen MR) is 67.4 cm³/mol. The number of aliphatic hydroxyl groups is 1. The van der Waals surface area contributed by atoms with Gasteiger partial charge in [-0.25, -0.2) is 0 Å². The quantitative estimate of drug-likeness (QED) is 0.520. The molecule has 0 heterocycles. The Hall–Kier alpha value is -1.82. The van der Waals surface area contributed by atoms with E-state index in [2.05, 4.69) is 10.6 Å². The zero-order valence-corrected chi connectivity index (χ0v) is 9.93. The molecule has 0 fully saturated rings. The largest absolute Gasteiger partial charge is 0.392 e. The lowest BCUT2D eigenvalue weighted by Gasteiger charge is -2.11. The summed E-state index contributed by atoms with van der Waals surface area (Å²) in [5, 5.41) is 26.0. The van der Waals surface area contributed by atoms with Crippen LogP contribution < -0.4 is 10.6 Å². The van der Waals surface area contributed by atoms with Crippen LogP contribution in [0.15, 0.2) is 18.2 Å². The highest BCUT2D eigenvalue weighted by Gasteiger charge is 2.19. The second-order valence-corrected chi connectivity index (χ2v) is 3.72. The van der Waals surface area contributed by atoms with Crippen LogP contribution in [0.3, 0.4) is 0 Å². The molecule has 0 aliphatic carbocycles. The Morgan fingerprint density at radius 3 is 2.47 bits per heavy atom. The number of nitro benzene ring substituents is 1. The minimum Gasteiger partial charge on any atom is -0.392 e. The van der Waals surface area contributed by atoms with Gasteiger partial charge < -0.3 is 15.7 Å². The Bertz CT molecular complexity index is 394. The van der Waals surface area contributed by atoms with Crippen LogP contribution in [0.2, 0.25) is 0 Å². The molecule has 17 heavy (non-hydrogen) atoms. The molecule has 0 aromatic heterocycles. The number of nitrogens with zero attached hydrogens (tertiary/aromatic N) is 1. The summed E-state index contributed by atoms with van der Waals surface area (Å²) in [5.41, 5.74) is 0.900. The van der Waals surface area contributed by atoms with Gasteiger partial charge >= 0.3 is 5.69 Å². The van der Waals surface area contributed by atoms with Crippen LogP contribution in [0.5, 0.6) is 0 Å². The van der Waals surface area contributed by atoms with Crippen molar-refractivity contribution in [1.29, 1.82) is 0 Å². The number of nitrogens with one attached hydrogen (secondary N) is 2. The van der Waals surface area contributed by atoms with E-state index in [-0.39, 0.29) is 12.2 Å². The monoisotopic (exact) mass is 239 g/mol. The predicted octanol–water partition coefficient (Wildman–Crippen LogP) is 1.82. The second-order valence-electron chi connectivity index (χ2n) is 3.72. The van der Waals surface area contributed by atoms with Crippen LogP contribution in [-0.2, 0) is 0 Å². The van der Waals surface area contributed by atoms with Crippen molar-refractivity contribution in [2.24, 2.45) is 0 Å². The Morgan fingerprint density at radius 2 is 2.00 bits per heavy atom. The molecule has 1 unspecified atom stereocenters. The summed E-state index contributed by atoms with van der Waals surface area (Å²) in [6, 6.07) is 5.02. The molecule has 1 rings (SSSR count). The molecule has 1 atom stereocenters. The van der Waals surface area contributed by atoms with Gasteiger partial charge in [-0.05, 0) is 26.0 Å². The number of hydrogen-bond acceptors (Lipinski definition) is 5. The summed E-state index contributed by atoms with van der Waals surface area (Å²) in [7, 11) is 0. The highest BCUT2D eigenvalue weighted by atomic mass is 16.6. The number of rotatable bonds is 6. The number of benzene rings is 1. The molecule has 3 N–H and O–H groups in total. The van der Waals surface area contributed by atoms with Gasteiger partial charge in [0.25, 0.3) is 0 Å². The Morgan fingerprint density at radius 1 is 1.41 bits per heavy atom. The molecular weight excluding hydrogens is 222 g/mol. The summed E-state index contributed by atoms with van der Waals surface area (Å²) >= 11 is 0. The van der Waals surface area contributed by atoms with Crippen molar-refractivity contribution >= 4 is 17.1 Å². The van der Waals surface area contributed by atoms with Crippen LogP contribution >= 0.6 is 0 Å². The summed E-state index contributed by atoms with van der Waals surface area (Å²) in [6.45, 7) is 4.38. The number of aliphatic hydroxyl groups excluding tert-OH is 1. The van der Waals surface area contributed by atoms with Gasteiger partial charge in [-0.2, -0.15) is 0 Å². The maximum atomic E-state index is 11.0. The van der Waals surface area contributed by atoms with E-state index in [9.17, 15) is 10.1 Å². The van der Waals surface area contributed by atoms with E-state index in [1.54, 1.807) is 25.1 Å². The SMILES string of the molecule is CCNc1cccc(NCC(C)O)c1[N+](=O)[O-]. The first-order valence-electron chi connectivity index (χ1n) is 5.49. The number of hydrogen-bond donors (Lipinski definition) is 3. The van der Waals surface area contributed by atoms with Crippen molar-refractivity contribution in [2.45, 2.75) is 20.0 Å². The van der Waals surface area contributed by atoms with Crippen LogP contribution in [0.4, 0.5) is 17.1 Å². The Balaban J connectivity index is 3.02. The fourth-order valence-electron chi connectivity index (χ4n) is 1.47. The summed E-state index contributed by atoms with van der Waals surface area (Å²) in [5.74, 6) is 0. The summed E-state index contributed by atoms with van der Waals surface area (Å²) in [6.07, 6.45) is -0.558. The lowest BCUT2D eigenvalue weighted by Crippen LogP contribution is -2.16. The molecule has 0 radical (unpaired) electrons. The lowest BCUT2D eigenvalue weighted by atomic mass is 10.2. The van der Waals surface area contributed by atoms with Gasteiger partial charge in [-0.1, -0.05) is 6.07 Å². The van der Waals surface area contributed by atoms with Gasteiger partial charge in [0.2, 0.25) is 0 Å². The highest BCUT2D eigenvalue weighted by molar-refractivity contribution is 5.76. The molecule has 0 spiro atoms. The average Bonchev–Trinajstić information content (AvgIpc) is 2.26. The third-order valence-electron chi connectivity index (χ3n) is 2.17. The van der Waals surface area contributed by atoms with Gasteiger partial charge in [0.1, 0.15) is 11.4 Å². The van der Waals surface area contributed by atoms with Crippen molar-refractivity contribution in [2.75, 3.05) is 23.7 Å². The lowest BCUT2D eigenvalue weighted by molar-refractivity contribution is -0.383. The van der Waals surface area contributed by atoms with Crippen LogP contribution in [-0.4, -0.2) is 29.2 Å². The first-order valence-corrected chi connectivity index (χ1v) is 5.49. The number of anilines is 2. The van der Waals surface area contributed by atoms with Crippen molar-refractivity contribution in [3.05, 3.63) is 28.3 Å². The first kappa shape index (κ1) is 13.2. The van der Waals surface area contributed by atoms with Crippen molar-refractivity contribution < 1.29 is 10.0 Å². The van der Waals surface area contributed by atoms with Crippen LogP contribution in [0, 0.1) is 10.1 Å². The van der Waals surface area contributed by atoms with E-state index in [1.165, 1.54) is 0 Å². The summed E-state index contributed by atoms with van der Waals surface area (Å²) in [4.78, 5) is 10.6. The van der Waals surface area contributed by atoms with E-state index in [0.29, 0.717) is 17.9 Å². The Kier molecular flexibility index (Phi) is 4.71. The van der Waals surface area contributed by atoms with E-state index in [4.69, 9.17) is 5.11 Å². The molecule has 6 heteroatoms. The molecule has 1 aromatic rings. The van der Waals surface area contributed by atoms with E-state index < -0.39 is 11.0 Å². The molecule has 0 saturated heterocycles. The first-order chi connectivity index (χ1) is 8.06. The van der Waals surface area contributed by atoms with Crippen molar-refractivity contribution in [1.82, 2.24) is 0 Å². The van der Waals surface area contributed by atoms with Crippen LogP contribution in [0.25, 0.3) is 0 Å². The third-order valence-corrected chi connectivity index (χ3v) is 2.17. The van der Waals surface area contributed by atoms with Gasteiger partial charge in [0, 0.05) is 13.1 Å². The fraction of sp³-hybridized carbons (Fsp3) is 0.455. The number of nitro groups is 1. The standard InChI is InChI=1S/C11H17N3O3/c1-3-12-9-5-4-6-10(11(9)14(16)17)13-7-8(2)15/h4-6,8,12-13,15H,3,7H2,1-2H3. The Labute approximate surface area is 99.8 Å². The fourth-order valence-corrected chi connectivity index (χ4v) is 1.47. The van der Waals surface area contributed by atoms with Crippen LogP contribution in [0.1, 0.15) is 13.8 Å². The normalized spacial score (nSPS) is 11.9. The van der Waals surface area contributed by atoms with Gasteiger partial charge in [0.15, 0.2) is 0 Å². The molecule has 1 aromatic carbocycles. The molecule has 0 aliphatic rings. The molecular formula is C11H17N3O3. The van der Waals surface area contributed by atoms with E-state index in [0.717, 1.165) is 0 Å². The molecule has 94 valence electrons. The maximum Gasteiger partial charge on any atom is 0.315 e. The minimum absolute atomic E-state index is 0.00926. The minimum atomic E-state index is -0.558. The maximum absolute atomic E-state index is 11.0. The molecule has 0 amide bonds. The van der Waals surface area contributed by atoms with E-state index >= 15 is 0 Å². The smallest absolute Gasteiger partial charge is 0.315 e. The zero-order valence-electron chi connectivity index (χ0n) is 9.93. The third kappa shape index (κ3) is 3.60. The molecule has 0 bridgehead atoms. The molecule has 0 saturated carbocycles. The zero-order chi connectivity index (χ0) is 12.8. The van der Waals surface area contributed by atoms with Crippen molar-refractivity contribution in [3.63, 3.8) is 0 Å². The highest BCUT2D eigenvalue weighted by Crippen LogP contribution is 2.32. The van der Waals surface area contributed by atoms with Crippen molar-refractivity contribution in [3.8, 4) is 0 Å². The number of para-hydroxylation sites is 1. The topological polar surface area (TPSA) is 87.4 Å². The summed E-state index contributed by atoms with van der Waals surface area (Å²) < 4.78 is 0. The molecule has 6 nitrogen and oxygen atoms in total. The van der Waals surface area contributed by atoms with Gasteiger partial charge in [-0.15, -0.1) is 0 Å². The molecule has 0 aliphatic heterocycles. The van der Waals surface area contributed by atoms with Gasteiger partial charge in [0.05, 0.1) is 11.0 Å². The second kappa shape index (κ2) is 6.05. The van der Waals surface area contributed by atoms with Gasteiger partial charge in [-0.3, -0.25) is 10.1 Å². The van der Waals surface area contributed by atoms with E-state index in [1.807, 2.05) is 6.92 Å². The average molecular weight is 239 g/mol.